The van der Waals surface area contributed by atoms with Gasteiger partial charge in [-0.1, -0.05) is 37.6 Å². The number of nitrogens with one attached hydrogen (secondary N) is 1. The topological polar surface area (TPSA) is 51.2 Å². The third-order valence-corrected chi connectivity index (χ3v) is 2.82. The van der Waals surface area contributed by atoms with Gasteiger partial charge in [0.2, 0.25) is 0 Å². The summed E-state index contributed by atoms with van der Waals surface area (Å²) in [4.78, 5) is 0. The largest absolute Gasteiger partial charge is 0.467 e. The van der Waals surface area contributed by atoms with Crippen molar-refractivity contribution in [3.63, 3.8) is 0 Å². The fourth-order valence-corrected chi connectivity index (χ4v) is 2.02. The molecule has 3 heteroatoms. The Morgan fingerprint density at radius 3 is 2.82 bits per heavy atom. The van der Waals surface area contributed by atoms with E-state index in [0.717, 1.165) is 24.2 Å². The fourth-order valence-electron chi connectivity index (χ4n) is 2.02. The molecule has 0 radical (unpaired) electrons. The van der Waals surface area contributed by atoms with Gasteiger partial charge in [-0.15, -0.1) is 0 Å². The highest BCUT2D eigenvalue weighted by Gasteiger charge is 2.14. The van der Waals surface area contributed by atoms with E-state index in [9.17, 15) is 0 Å². The Morgan fingerprint density at radius 2 is 2.18 bits per heavy atom. The normalized spacial score (nSPS) is 12.6. The van der Waals surface area contributed by atoms with Gasteiger partial charge in [-0.3, -0.25) is 5.84 Å². The van der Waals surface area contributed by atoms with Gasteiger partial charge in [0.05, 0.1) is 6.26 Å². The Balaban J connectivity index is 2.28. The van der Waals surface area contributed by atoms with Crippen LogP contribution >= 0.6 is 0 Å². The summed E-state index contributed by atoms with van der Waals surface area (Å²) < 4.78 is 5.40. The van der Waals surface area contributed by atoms with Crippen molar-refractivity contribution in [2.75, 3.05) is 0 Å². The molecule has 0 aliphatic rings. The Hall–Kier alpha value is -1.58. The first-order valence-corrected chi connectivity index (χ1v) is 5.93. The van der Waals surface area contributed by atoms with Crippen molar-refractivity contribution in [3.8, 4) is 0 Å². The van der Waals surface area contributed by atoms with Crippen molar-refractivity contribution in [3.05, 3.63) is 59.5 Å². The van der Waals surface area contributed by atoms with E-state index in [1.165, 1.54) is 5.56 Å². The van der Waals surface area contributed by atoms with Gasteiger partial charge in [0.15, 0.2) is 0 Å². The monoisotopic (exact) mass is 230 g/mol. The third-order valence-electron chi connectivity index (χ3n) is 2.82. The van der Waals surface area contributed by atoms with E-state index in [4.69, 9.17) is 10.3 Å². The number of benzene rings is 1. The van der Waals surface area contributed by atoms with E-state index in [1.807, 2.05) is 12.1 Å². The molecule has 1 atom stereocenters. The maximum Gasteiger partial charge on any atom is 0.126 e. The average molecular weight is 230 g/mol. The van der Waals surface area contributed by atoms with Crippen molar-refractivity contribution >= 4 is 0 Å². The molecule has 2 rings (SSSR count). The molecule has 0 aliphatic heterocycles. The predicted molar refractivity (Wildman–Crippen MR) is 68.3 cm³/mol. The molecule has 0 spiro atoms. The zero-order valence-corrected chi connectivity index (χ0v) is 10.0. The number of furan rings is 1. The van der Waals surface area contributed by atoms with E-state index in [2.05, 4.69) is 36.6 Å². The van der Waals surface area contributed by atoms with Gasteiger partial charge in [-0.05, 0) is 29.7 Å². The number of nitrogens with two attached hydrogens (primary N) is 1. The standard InChI is InChI=1S/C14H18N2O/c1-2-5-11-6-3-7-12(10-11)14(16-15)13-8-4-9-17-13/h3-4,6-10,14,16H,2,5,15H2,1H3. The lowest BCUT2D eigenvalue weighted by molar-refractivity contribution is 0.452. The highest BCUT2D eigenvalue weighted by atomic mass is 16.3. The van der Waals surface area contributed by atoms with Gasteiger partial charge in [0.1, 0.15) is 11.8 Å². The van der Waals surface area contributed by atoms with Gasteiger partial charge in [0.25, 0.3) is 0 Å². The van der Waals surface area contributed by atoms with Gasteiger partial charge < -0.3 is 4.42 Å². The lowest BCUT2D eigenvalue weighted by atomic mass is 10.0. The predicted octanol–water partition coefficient (Wildman–Crippen LogP) is 2.78. The maximum atomic E-state index is 5.61. The van der Waals surface area contributed by atoms with E-state index in [0.29, 0.717) is 0 Å². The van der Waals surface area contributed by atoms with Gasteiger partial charge in [-0.25, -0.2) is 5.43 Å². The summed E-state index contributed by atoms with van der Waals surface area (Å²) in [6.07, 6.45) is 3.89. The number of hydrogen-bond acceptors (Lipinski definition) is 3. The fraction of sp³-hybridized carbons (Fsp3) is 0.286. The second-order valence-corrected chi connectivity index (χ2v) is 4.11. The van der Waals surface area contributed by atoms with Crippen molar-refractivity contribution in [2.24, 2.45) is 5.84 Å². The molecule has 1 aromatic heterocycles. The second-order valence-electron chi connectivity index (χ2n) is 4.11. The van der Waals surface area contributed by atoms with Crippen LogP contribution in [0.3, 0.4) is 0 Å². The van der Waals surface area contributed by atoms with Crippen LogP contribution in [0.15, 0.2) is 47.1 Å². The molecule has 0 amide bonds. The van der Waals surface area contributed by atoms with Crippen molar-refractivity contribution < 1.29 is 4.42 Å². The van der Waals surface area contributed by atoms with E-state index < -0.39 is 0 Å². The highest BCUT2D eigenvalue weighted by molar-refractivity contribution is 5.30. The van der Waals surface area contributed by atoms with Crippen LogP contribution in [0.4, 0.5) is 0 Å². The summed E-state index contributed by atoms with van der Waals surface area (Å²) in [6.45, 7) is 2.18. The van der Waals surface area contributed by atoms with Crippen LogP contribution in [0.5, 0.6) is 0 Å². The summed E-state index contributed by atoms with van der Waals surface area (Å²) in [5, 5.41) is 0. The van der Waals surface area contributed by atoms with Crippen molar-refractivity contribution in [2.45, 2.75) is 25.8 Å². The molecule has 0 saturated carbocycles. The Bertz CT molecular complexity index is 451. The van der Waals surface area contributed by atoms with Crippen molar-refractivity contribution in [1.29, 1.82) is 0 Å². The second kappa shape index (κ2) is 5.66. The molecule has 2 aromatic rings. The Morgan fingerprint density at radius 1 is 1.29 bits per heavy atom. The van der Waals surface area contributed by atoms with E-state index in [-0.39, 0.29) is 6.04 Å². The molecule has 90 valence electrons. The minimum atomic E-state index is -0.0817. The van der Waals surface area contributed by atoms with Crippen LogP contribution in [0, 0.1) is 0 Å². The highest BCUT2D eigenvalue weighted by Crippen LogP contribution is 2.22. The minimum absolute atomic E-state index is 0.0817. The first-order chi connectivity index (χ1) is 8.35. The smallest absolute Gasteiger partial charge is 0.126 e. The van der Waals surface area contributed by atoms with Crippen LogP contribution < -0.4 is 11.3 Å². The summed E-state index contributed by atoms with van der Waals surface area (Å²) in [5.41, 5.74) is 5.26. The minimum Gasteiger partial charge on any atom is -0.467 e. The van der Waals surface area contributed by atoms with Gasteiger partial charge in [-0.2, -0.15) is 0 Å². The molecule has 17 heavy (non-hydrogen) atoms. The van der Waals surface area contributed by atoms with Crippen LogP contribution in [-0.2, 0) is 6.42 Å². The van der Waals surface area contributed by atoms with E-state index in [1.54, 1.807) is 6.26 Å². The maximum absolute atomic E-state index is 5.61. The van der Waals surface area contributed by atoms with Crippen LogP contribution in [0.2, 0.25) is 0 Å². The summed E-state index contributed by atoms with van der Waals surface area (Å²) >= 11 is 0. The summed E-state index contributed by atoms with van der Waals surface area (Å²) in [5.74, 6) is 6.44. The van der Waals surface area contributed by atoms with Crippen LogP contribution in [0.25, 0.3) is 0 Å². The third kappa shape index (κ3) is 2.75. The van der Waals surface area contributed by atoms with Gasteiger partial charge >= 0.3 is 0 Å². The quantitative estimate of drug-likeness (QED) is 0.613. The van der Waals surface area contributed by atoms with Gasteiger partial charge in [0, 0.05) is 0 Å². The molecule has 1 unspecified atom stereocenters. The first-order valence-electron chi connectivity index (χ1n) is 5.93. The molecular formula is C14H18N2O. The zero-order valence-electron chi connectivity index (χ0n) is 10.0. The van der Waals surface area contributed by atoms with Crippen LogP contribution in [-0.4, -0.2) is 0 Å². The molecular weight excluding hydrogens is 212 g/mol. The summed E-state index contributed by atoms with van der Waals surface area (Å²) in [7, 11) is 0. The number of aryl methyl sites for hydroxylation is 1. The first kappa shape index (κ1) is 11.9. The number of hydrogen-bond donors (Lipinski definition) is 2. The SMILES string of the molecule is CCCc1cccc(C(NN)c2ccco2)c1. The molecule has 0 saturated heterocycles. The molecule has 3 nitrogen and oxygen atoms in total. The number of hydrazine groups is 1. The average Bonchev–Trinajstić information content (AvgIpc) is 2.85. The van der Waals surface area contributed by atoms with Crippen molar-refractivity contribution in [1.82, 2.24) is 5.43 Å². The molecule has 1 aromatic carbocycles. The van der Waals surface area contributed by atoms with E-state index >= 15 is 0 Å². The Kier molecular flexibility index (Phi) is 3.96. The lowest BCUT2D eigenvalue weighted by Crippen LogP contribution is -2.28. The number of rotatable bonds is 5. The molecule has 1 heterocycles. The zero-order chi connectivity index (χ0) is 12.1. The van der Waals surface area contributed by atoms with Crippen LogP contribution in [0.1, 0.15) is 36.3 Å². The molecule has 0 aliphatic carbocycles. The Labute approximate surface area is 102 Å². The molecule has 3 N–H and O–H groups in total. The molecule has 0 fully saturated rings. The lowest BCUT2D eigenvalue weighted by Gasteiger charge is -2.14. The molecule has 0 bridgehead atoms. The summed E-state index contributed by atoms with van der Waals surface area (Å²) in [6, 6.07) is 12.2.